The number of nitrogens with zero attached hydrogens (tertiary/aromatic N) is 1. The Morgan fingerprint density at radius 1 is 0.675 bits per heavy atom. The van der Waals surface area contributed by atoms with Crippen molar-refractivity contribution in [2.45, 2.75) is 58.5 Å². The highest BCUT2D eigenvalue weighted by Crippen LogP contribution is 2.24. The van der Waals surface area contributed by atoms with Crippen LogP contribution >= 0.6 is 0 Å². The molecular weight excluding hydrogens is 512 g/mol. The summed E-state index contributed by atoms with van der Waals surface area (Å²) in [7, 11) is 0. The molecule has 0 aliphatic heterocycles. The number of hydrogen-bond acceptors (Lipinski definition) is 7. The van der Waals surface area contributed by atoms with E-state index in [0.29, 0.717) is 21.7 Å². The Morgan fingerprint density at radius 2 is 1.12 bits per heavy atom. The van der Waals surface area contributed by atoms with Gasteiger partial charge in [-0.1, -0.05) is 91.0 Å². The normalized spacial score (nSPS) is 12.4. The van der Waals surface area contributed by atoms with Gasteiger partial charge in [-0.25, -0.2) is 19.8 Å². The molecule has 0 aromatic heterocycles. The van der Waals surface area contributed by atoms with Gasteiger partial charge in [-0.05, 0) is 44.4 Å². The molecule has 3 aromatic carbocycles. The van der Waals surface area contributed by atoms with Crippen LogP contribution in [0.1, 0.15) is 44.4 Å². The molecule has 0 bridgehead atoms. The van der Waals surface area contributed by atoms with Crippen molar-refractivity contribution in [1.82, 2.24) is 10.4 Å². The topological polar surface area (TPSA) is 111 Å². The zero-order chi connectivity index (χ0) is 29.2. The van der Waals surface area contributed by atoms with Gasteiger partial charge >= 0.3 is 18.2 Å². The summed E-state index contributed by atoms with van der Waals surface area (Å²) in [5.74, 6) is -1.74. The molecule has 40 heavy (non-hydrogen) atoms. The first-order chi connectivity index (χ1) is 19.0. The number of benzene rings is 3. The van der Waals surface area contributed by atoms with Crippen LogP contribution in [0.4, 0.5) is 9.59 Å². The molecule has 3 rings (SSSR count). The molecule has 0 aliphatic carbocycles. The molecule has 2 amide bonds. The number of hydrazine groups is 1. The zero-order valence-electron chi connectivity index (χ0n) is 23.1. The number of ether oxygens (including phenoxy) is 3. The minimum absolute atomic E-state index is 0.110. The highest BCUT2D eigenvalue weighted by molar-refractivity contribution is 6.11. The summed E-state index contributed by atoms with van der Waals surface area (Å²) in [6.45, 7) is 5.83. The number of carbonyl (C=O) groups excluding carboxylic acids is 4. The van der Waals surface area contributed by atoms with Gasteiger partial charge in [0.25, 0.3) is 0 Å². The highest BCUT2D eigenvalue weighted by atomic mass is 16.6. The first-order valence-electron chi connectivity index (χ1n) is 12.8. The summed E-state index contributed by atoms with van der Waals surface area (Å²) in [6.07, 6.45) is -2.43. The van der Waals surface area contributed by atoms with Crippen LogP contribution < -0.4 is 5.43 Å². The maximum atomic E-state index is 13.8. The van der Waals surface area contributed by atoms with E-state index in [0.717, 1.165) is 0 Å². The van der Waals surface area contributed by atoms with Crippen LogP contribution in [-0.4, -0.2) is 40.1 Å². The molecule has 0 aliphatic rings. The summed E-state index contributed by atoms with van der Waals surface area (Å²) in [6, 6.07) is 26.5. The standard InChI is InChI=1S/C31H34N2O7/c1-30(2,3)40-27(35)31(4,26(34)20-23-14-8-5-9-15-23)33(29(37)39-22-25-18-12-7-13-19-25)32-28(36)38-21-24-16-10-6-11-17-24/h5-19H,20-22H2,1-4H3,(H,32,36)/t31-/m1/s1. The van der Waals surface area contributed by atoms with Crippen molar-refractivity contribution < 1.29 is 33.4 Å². The number of nitrogens with one attached hydrogen (secondary N) is 1. The van der Waals surface area contributed by atoms with E-state index in [2.05, 4.69) is 5.43 Å². The van der Waals surface area contributed by atoms with Gasteiger partial charge in [0.2, 0.25) is 5.54 Å². The van der Waals surface area contributed by atoms with Crippen LogP contribution in [0.2, 0.25) is 0 Å². The van der Waals surface area contributed by atoms with Crippen molar-refractivity contribution in [2.75, 3.05) is 0 Å². The summed E-state index contributed by atoms with van der Waals surface area (Å²) in [5.41, 5.74) is 0.936. The van der Waals surface area contributed by atoms with Gasteiger partial charge < -0.3 is 14.2 Å². The van der Waals surface area contributed by atoms with Gasteiger partial charge in [0.1, 0.15) is 18.8 Å². The highest BCUT2D eigenvalue weighted by Gasteiger charge is 2.53. The number of ketones is 1. The summed E-state index contributed by atoms with van der Waals surface area (Å²) in [5, 5.41) is 0.558. The van der Waals surface area contributed by atoms with Crippen LogP contribution in [0, 0.1) is 0 Å². The van der Waals surface area contributed by atoms with Crippen molar-refractivity contribution >= 4 is 23.9 Å². The summed E-state index contributed by atoms with van der Waals surface area (Å²) in [4.78, 5) is 53.8. The second-order valence-electron chi connectivity index (χ2n) is 10.2. The molecular formula is C31H34N2O7. The molecule has 0 saturated carbocycles. The van der Waals surface area contributed by atoms with E-state index in [1.807, 2.05) is 12.1 Å². The fraction of sp³-hybridized carbons (Fsp3) is 0.290. The number of Topliss-reactive ketones (excluding diaryl/α,β-unsaturated/α-hetero) is 1. The monoisotopic (exact) mass is 546 g/mol. The van der Waals surface area contributed by atoms with Gasteiger partial charge in [-0.2, -0.15) is 5.01 Å². The maximum absolute atomic E-state index is 13.8. The first-order valence-corrected chi connectivity index (χ1v) is 12.8. The van der Waals surface area contributed by atoms with Crippen molar-refractivity contribution in [3.8, 4) is 0 Å². The van der Waals surface area contributed by atoms with Gasteiger partial charge in [-0.3, -0.25) is 4.79 Å². The lowest BCUT2D eigenvalue weighted by atomic mass is 9.90. The number of carbonyl (C=O) groups is 4. The van der Waals surface area contributed by atoms with Crippen molar-refractivity contribution in [1.29, 1.82) is 0 Å². The zero-order valence-corrected chi connectivity index (χ0v) is 23.1. The number of amides is 2. The minimum Gasteiger partial charge on any atom is -0.458 e. The average Bonchev–Trinajstić information content (AvgIpc) is 2.93. The number of hydrogen-bond donors (Lipinski definition) is 1. The Hall–Kier alpha value is -4.66. The fourth-order valence-corrected chi connectivity index (χ4v) is 3.63. The van der Waals surface area contributed by atoms with E-state index in [9.17, 15) is 19.2 Å². The Labute approximate surface area is 234 Å². The Bertz CT molecular complexity index is 1290. The van der Waals surface area contributed by atoms with Crippen LogP contribution in [-0.2, 0) is 43.4 Å². The second kappa shape index (κ2) is 13.4. The molecule has 0 saturated heterocycles. The van der Waals surface area contributed by atoms with Crippen LogP contribution in [0.5, 0.6) is 0 Å². The summed E-state index contributed by atoms with van der Waals surface area (Å²) >= 11 is 0. The predicted molar refractivity (Wildman–Crippen MR) is 148 cm³/mol. The third-order valence-corrected chi connectivity index (χ3v) is 5.80. The average molecular weight is 547 g/mol. The van der Waals surface area contributed by atoms with E-state index in [-0.39, 0.29) is 19.6 Å². The molecule has 0 unspecified atom stereocenters. The predicted octanol–water partition coefficient (Wildman–Crippen LogP) is 5.38. The number of esters is 1. The quantitative estimate of drug-likeness (QED) is 0.166. The molecule has 3 aromatic rings. The molecule has 1 N–H and O–H groups in total. The molecule has 0 fully saturated rings. The largest absolute Gasteiger partial charge is 0.458 e. The minimum atomic E-state index is -2.30. The summed E-state index contributed by atoms with van der Waals surface area (Å²) < 4.78 is 16.3. The lowest BCUT2D eigenvalue weighted by Crippen LogP contribution is -2.67. The van der Waals surface area contributed by atoms with Gasteiger partial charge in [0, 0.05) is 6.42 Å². The lowest BCUT2D eigenvalue weighted by Gasteiger charge is -2.38. The maximum Gasteiger partial charge on any atom is 0.430 e. The first kappa shape index (κ1) is 29.9. The van der Waals surface area contributed by atoms with Crippen molar-refractivity contribution in [3.63, 3.8) is 0 Å². The van der Waals surface area contributed by atoms with Crippen LogP contribution in [0.15, 0.2) is 91.0 Å². The molecule has 0 radical (unpaired) electrons. The van der Waals surface area contributed by atoms with E-state index < -0.39 is 35.1 Å². The van der Waals surface area contributed by atoms with Crippen LogP contribution in [0.3, 0.4) is 0 Å². The van der Waals surface area contributed by atoms with Crippen molar-refractivity contribution in [2.24, 2.45) is 0 Å². The Balaban J connectivity index is 1.94. The van der Waals surface area contributed by atoms with E-state index in [1.165, 1.54) is 6.92 Å². The molecule has 1 atom stereocenters. The number of rotatable bonds is 9. The molecule has 9 heteroatoms. The fourth-order valence-electron chi connectivity index (χ4n) is 3.63. The third kappa shape index (κ3) is 8.42. The van der Waals surface area contributed by atoms with E-state index >= 15 is 0 Å². The van der Waals surface area contributed by atoms with Gasteiger partial charge in [-0.15, -0.1) is 0 Å². The van der Waals surface area contributed by atoms with Crippen molar-refractivity contribution in [3.05, 3.63) is 108 Å². The van der Waals surface area contributed by atoms with E-state index in [4.69, 9.17) is 14.2 Å². The molecule has 0 spiro atoms. The SMILES string of the molecule is CC(C)(C)OC(=O)[C@@](C)(C(=O)Cc1ccccc1)N(NC(=O)OCc1ccccc1)C(=O)OCc1ccccc1. The lowest BCUT2D eigenvalue weighted by molar-refractivity contribution is -0.172. The Kier molecular flexibility index (Phi) is 10.0. The smallest absolute Gasteiger partial charge is 0.430 e. The Morgan fingerprint density at radius 3 is 1.60 bits per heavy atom. The van der Waals surface area contributed by atoms with Gasteiger partial charge in [0.05, 0.1) is 0 Å². The van der Waals surface area contributed by atoms with Crippen LogP contribution in [0.25, 0.3) is 0 Å². The van der Waals surface area contributed by atoms with E-state index in [1.54, 1.807) is 99.6 Å². The molecule has 0 heterocycles. The molecule has 9 nitrogen and oxygen atoms in total. The third-order valence-electron chi connectivity index (χ3n) is 5.80. The van der Waals surface area contributed by atoms with Gasteiger partial charge in [0.15, 0.2) is 5.78 Å². The molecule has 210 valence electrons. The second-order valence-corrected chi connectivity index (χ2v) is 10.2.